The maximum atomic E-state index is 14.3. The molecule has 0 aliphatic carbocycles. The predicted molar refractivity (Wildman–Crippen MR) is 100 cm³/mol. The number of hydrogen-bond donors (Lipinski definition) is 1. The third kappa shape index (κ3) is 3.78. The molecule has 2 fully saturated rings. The van der Waals surface area contributed by atoms with Gasteiger partial charge >= 0.3 is 0 Å². The fourth-order valence-corrected chi connectivity index (χ4v) is 3.56. The van der Waals surface area contributed by atoms with Crippen LogP contribution in [-0.2, 0) is 4.74 Å². The highest BCUT2D eigenvalue weighted by Crippen LogP contribution is 2.28. The summed E-state index contributed by atoms with van der Waals surface area (Å²) in [5, 5.41) is 12.7. The lowest BCUT2D eigenvalue weighted by molar-refractivity contribution is 0.122. The number of aromatic nitrogens is 2. The standard InChI is InChI=1S/C19H21FN6O/c20-16-3-1-2-14(12-21)18(16)26-7-5-15(13-26)23-17-4-6-22-19(24-17)25-8-10-27-11-9-25/h1-4,6,15H,5,7-11,13H2,(H,22,23,24). The zero-order valence-corrected chi connectivity index (χ0v) is 14.9. The molecule has 2 aliphatic rings. The van der Waals surface area contributed by atoms with Crippen LogP contribution in [0.1, 0.15) is 12.0 Å². The lowest BCUT2D eigenvalue weighted by Crippen LogP contribution is -2.37. The summed E-state index contributed by atoms with van der Waals surface area (Å²) < 4.78 is 19.6. The smallest absolute Gasteiger partial charge is 0.227 e. The highest BCUT2D eigenvalue weighted by Gasteiger charge is 2.27. The van der Waals surface area contributed by atoms with E-state index in [1.165, 1.54) is 6.07 Å². The first kappa shape index (κ1) is 17.5. The van der Waals surface area contributed by atoms with Crippen molar-refractivity contribution in [1.29, 1.82) is 5.26 Å². The van der Waals surface area contributed by atoms with Crippen LogP contribution < -0.4 is 15.1 Å². The van der Waals surface area contributed by atoms with Crippen LogP contribution in [-0.4, -0.2) is 55.4 Å². The summed E-state index contributed by atoms with van der Waals surface area (Å²) in [4.78, 5) is 13.0. The monoisotopic (exact) mass is 368 g/mol. The zero-order chi connectivity index (χ0) is 18.6. The molecule has 27 heavy (non-hydrogen) atoms. The molecular weight excluding hydrogens is 347 g/mol. The normalized spacial score (nSPS) is 19.8. The van der Waals surface area contributed by atoms with Gasteiger partial charge < -0.3 is 19.9 Å². The van der Waals surface area contributed by atoms with E-state index in [4.69, 9.17) is 4.74 Å². The van der Waals surface area contributed by atoms with Crippen LogP contribution in [0.3, 0.4) is 0 Å². The molecule has 1 unspecified atom stereocenters. The van der Waals surface area contributed by atoms with Crippen LogP contribution in [0.4, 0.5) is 21.8 Å². The van der Waals surface area contributed by atoms with Gasteiger partial charge in [-0.2, -0.15) is 10.2 Å². The predicted octanol–water partition coefficient (Wildman–Crippen LogP) is 2.01. The first-order valence-corrected chi connectivity index (χ1v) is 9.10. The Kier molecular flexibility index (Phi) is 5.03. The van der Waals surface area contributed by atoms with Gasteiger partial charge in [-0.1, -0.05) is 6.07 Å². The number of ether oxygens (including phenoxy) is 1. The molecule has 8 heteroatoms. The van der Waals surface area contributed by atoms with E-state index in [1.54, 1.807) is 18.3 Å². The van der Waals surface area contributed by atoms with Gasteiger partial charge in [-0.15, -0.1) is 0 Å². The number of nitrogens with zero attached hydrogens (tertiary/aromatic N) is 5. The largest absolute Gasteiger partial charge is 0.378 e. The van der Waals surface area contributed by atoms with Gasteiger partial charge in [0.1, 0.15) is 17.7 Å². The van der Waals surface area contributed by atoms with Gasteiger partial charge in [-0.25, -0.2) is 9.37 Å². The van der Waals surface area contributed by atoms with E-state index >= 15 is 0 Å². The van der Waals surface area contributed by atoms with E-state index < -0.39 is 0 Å². The van der Waals surface area contributed by atoms with Crippen molar-refractivity contribution >= 4 is 17.5 Å². The van der Waals surface area contributed by atoms with Gasteiger partial charge in [-0.3, -0.25) is 0 Å². The molecule has 3 heterocycles. The van der Waals surface area contributed by atoms with Crippen LogP contribution in [0.25, 0.3) is 0 Å². The SMILES string of the molecule is N#Cc1cccc(F)c1N1CCC(Nc2ccnc(N3CCOCC3)n2)C1. The van der Waals surface area contributed by atoms with Gasteiger partial charge in [0.15, 0.2) is 0 Å². The number of nitrogens with one attached hydrogen (secondary N) is 1. The van der Waals surface area contributed by atoms with E-state index in [-0.39, 0.29) is 11.9 Å². The van der Waals surface area contributed by atoms with Crippen LogP contribution in [0.15, 0.2) is 30.5 Å². The van der Waals surface area contributed by atoms with E-state index in [2.05, 4.69) is 26.3 Å². The Balaban J connectivity index is 1.44. The molecular formula is C19H21FN6O. The molecule has 2 saturated heterocycles. The van der Waals surface area contributed by atoms with Crippen molar-refractivity contribution in [2.75, 3.05) is 54.5 Å². The number of benzene rings is 1. The lowest BCUT2D eigenvalue weighted by atomic mass is 10.1. The quantitative estimate of drug-likeness (QED) is 0.885. The molecule has 1 aromatic heterocycles. The second kappa shape index (κ2) is 7.76. The minimum atomic E-state index is -0.355. The maximum Gasteiger partial charge on any atom is 0.227 e. The van der Waals surface area contributed by atoms with Crippen LogP contribution in [0.2, 0.25) is 0 Å². The first-order valence-electron chi connectivity index (χ1n) is 9.10. The molecule has 2 aromatic rings. The molecule has 0 saturated carbocycles. The van der Waals surface area contributed by atoms with Gasteiger partial charge in [0.25, 0.3) is 0 Å². The number of nitriles is 1. The number of morpholine rings is 1. The number of para-hydroxylation sites is 1. The molecule has 4 rings (SSSR count). The summed E-state index contributed by atoms with van der Waals surface area (Å²) in [6.07, 6.45) is 2.59. The van der Waals surface area contributed by atoms with Gasteiger partial charge in [0.05, 0.1) is 24.5 Å². The highest BCUT2D eigenvalue weighted by molar-refractivity contribution is 5.61. The Labute approximate surface area is 157 Å². The van der Waals surface area contributed by atoms with Crippen molar-refractivity contribution in [3.63, 3.8) is 0 Å². The first-order chi connectivity index (χ1) is 13.2. The summed E-state index contributed by atoms with van der Waals surface area (Å²) in [5.74, 6) is 1.10. The van der Waals surface area contributed by atoms with Crippen molar-refractivity contribution in [2.24, 2.45) is 0 Å². The Morgan fingerprint density at radius 2 is 2.04 bits per heavy atom. The summed E-state index contributed by atoms with van der Waals surface area (Å²) >= 11 is 0. The fraction of sp³-hybridized carbons (Fsp3) is 0.421. The average molecular weight is 368 g/mol. The summed E-state index contributed by atoms with van der Waals surface area (Å²) in [7, 11) is 0. The van der Waals surface area contributed by atoms with E-state index in [0.29, 0.717) is 43.5 Å². The number of hydrogen-bond acceptors (Lipinski definition) is 7. The third-order valence-electron chi connectivity index (χ3n) is 4.90. The topological polar surface area (TPSA) is 77.3 Å². The van der Waals surface area contributed by atoms with E-state index in [0.717, 1.165) is 25.3 Å². The molecule has 0 spiro atoms. The minimum absolute atomic E-state index is 0.128. The Hall–Kier alpha value is -2.92. The van der Waals surface area contributed by atoms with Crippen molar-refractivity contribution in [3.8, 4) is 6.07 Å². The second-order valence-corrected chi connectivity index (χ2v) is 6.67. The number of halogens is 1. The van der Waals surface area contributed by atoms with Crippen molar-refractivity contribution in [3.05, 3.63) is 41.8 Å². The molecule has 7 nitrogen and oxygen atoms in total. The molecule has 2 aliphatic heterocycles. The Morgan fingerprint density at radius 3 is 2.85 bits per heavy atom. The number of anilines is 3. The van der Waals surface area contributed by atoms with Crippen molar-refractivity contribution < 1.29 is 9.13 Å². The molecule has 1 atom stereocenters. The van der Waals surface area contributed by atoms with Crippen LogP contribution in [0.5, 0.6) is 0 Å². The molecule has 0 radical (unpaired) electrons. The lowest BCUT2D eigenvalue weighted by Gasteiger charge is -2.27. The van der Waals surface area contributed by atoms with E-state index in [1.807, 2.05) is 11.0 Å². The molecule has 1 aromatic carbocycles. The zero-order valence-electron chi connectivity index (χ0n) is 14.9. The maximum absolute atomic E-state index is 14.3. The van der Waals surface area contributed by atoms with Crippen molar-refractivity contribution in [1.82, 2.24) is 9.97 Å². The molecule has 0 bridgehead atoms. The van der Waals surface area contributed by atoms with Gasteiger partial charge in [-0.05, 0) is 24.6 Å². The summed E-state index contributed by atoms with van der Waals surface area (Å²) in [6, 6.07) is 8.67. The minimum Gasteiger partial charge on any atom is -0.378 e. The van der Waals surface area contributed by atoms with Gasteiger partial charge in [0, 0.05) is 38.4 Å². The Bertz CT molecular complexity index is 848. The molecule has 0 amide bonds. The van der Waals surface area contributed by atoms with E-state index in [9.17, 15) is 9.65 Å². The van der Waals surface area contributed by atoms with Gasteiger partial charge in [0.2, 0.25) is 5.95 Å². The van der Waals surface area contributed by atoms with Crippen molar-refractivity contribution in [2.45, 2.75) is 12.5 Å². The second-order valence-electron chi connectivity index (χ2n) is 6.67. The third-order valence-corrected chi connectivity index (χ3v) is 4.90. The average Bonchev–Trinajstić information content (AvgIpc) is 3.16. The fourth-order valence-electron chi connectivity index (χ4n) is 3.56. The van der Waals surface area contributed by atoms with Crippen LogP contribution in [0, 0.1) is 17.1 Å². The highest BCUT2D eigenvalue weighted by atomic mass is 19.1. The summed E-state index contributed by atoms with van der Waals surface area (Å²) in [6.45, 7) is 4.24. The van der Waals surface area contributed by atoms with Crippen LogP contribution >= 0.6 is 0 Å². The Morgan fingerprint density at radius 1 is 1.19 bits per heavy atom. The molecule has 140 valence electrons. The number of rotatable bonds is 4. The summed E-state index contributed by atoms with van der Waals surface area (Å²) in [5.41, 5.74) is 0.758. The molecule has 1 N–H and O–H groups in total.